The van der Waals surface area contributed by atoms with Crippen LogP contribution in [0.1, 0.15) is 41.4 Å². The zero-order chi connectivity index (χ0) is 16.3. The van der Waals surface area contributed by atoms with Crippen LogP contribution >= 0.6 is 22.9 Å². The summed E-state index contributed by atoms with van der Waals surface area (Å²) in [4.78, 5) is 24.2. The second-order valence-corrected chi connectivity index (χ2v) is 7.70. The highest BCUT2D eigenvalue weighted by Crippen LogP contribution is 2.40. The summed E-state index contributed by atoms with van der Waals surface area (Å²) in [5.74, 6) is 0.631. The monoisotopic (exact) mass is 348 g/mol. The fourth-order valence-electron chi connectivity index (χ4n) is 3.25. The molecular formula is C16H17ClN4OS. The third-order valence-corrected chi connectivity index (χ3v) is 6.00. The molecule has 1 saturated carbocycles. The SMILES string of the molecule is Cc1nc(N)sc1-c1cc2c(c(Cl)n1)C(=O)N([C@@H](C)C1CC1)C2. The van der Waals surface area contributed by atoms with Crippen LogP contribution in [0.5, 0.6) is 0 Å². The lowest BCUT2D eigenvalue weighted by Gasteiger charge is -2.23. The first-order chi connectivity index (χ1) is 11.0. The van der Waals surface area contributed by atoms with Gasteiger partial charge in [0.05, 0.1) is 21.8 Å². The number of anilines is 1. The number of nitrogens with zero attached hydrogens (tertiary/aromatic N) is 3. The van der Waals surface area contributed by atoms with Gasteiger partial charge < -0.3 is 10.6 Å². The third-order valence-electron chi connectivity index (χ3n) is 4.71. The molecule has 1 fully saturated rings. The van der Waals surface area contributed by atoms with Gasteiger partial charge in [-0.25, -0.2) is 9.97 Å². The van der Waals surface area contributed by atoms with Gasteiger partial charge in [0.2, 0.25) is 0 Å². The van der Waals surface area contributed by atoms with Crippen LogP contribution in [0.2, 0.25) is 5.15 Å². The Morgan fingerprint density at radius 1 is 1.43 bits per heavy atom. The lowest BCUT2D eigenvalue weighted by Crippen LogP contribution is -2.34. The lowest BCUT2D eigenvalue weighted by molar-refractivity contribution is 0.0697. The molecule has 0 unspecified atom stereocenters. The number of nitrogens with two attached hydrogens (primary N) is 1. The Balaban J connectivity index is 1.74. The highest BCUT2D eigenvalue weighted by atomic mass is 35.5. The predicted octanol–water partition coefficient (Wildman–Crippen LogP) is 3.50. The molecule has 1 aliphatic heterocycles. The van der Waals surface area contributed by atoms with Crippen molar-refractivity contribution in [1.29, 1.82) is 0 Å². The number of halogens is 1. The van der Waals surface area contributed by atoms with Gasteiger partial charge in [0.1, 0.15) is 5.15 Å². The zero-order valence-electron chi connectivity index (χ0n) is 13.0. The molecule has 3 heterocycles. The fourth-order valence-corrected chi connectivity index (χ4v) is 4.33. The summed E-state index contributed by atoms with van der Waals surface area (Å²) in [6, 6.07) is 2.22. The molecule has 5 nitrogen and oxygen atoms in total. The Kier molecular flexibility index (Phi) is 3.35. The molecule has 2 N–H and O–H groups in total. The van der Waals surface area contributed by atoms with Gasteiger partial charge in [-0.3, -0.25) is 4.79 Å². The van der Waals surface area contributed by atoms with Crippen LogP contribution in [-0.4, -0.2) is 26.8 Å². The molecule has 1 atom stereocenters. The molecule has 1 aliphatic carbocycles. The number of aryl methyl sites for hydroxylation is 1. The molecule has 2 aliphatic rings. The summed E-state index contributed by atoms with van der Waals surface area (Å²) in [6.45, 7) is 4.63. The van der Waals surface area contributed by atoms with E-state index in [1.54, 1.807) is 0 Å². The summed E-state index contributed by atoms with van der Waals surface area (Å²) in [6.07, 6.45) is 2.41. The number of carbonyl (C=O) groups excluding carboxylic acids is 1. The normalized spacial score (nSPS) is 18.4. The van der Waals surface area contributed by atoms with E-state index < -0.39 is 0 Å². The lowest BCUT2D eigenvalue weighted by atomic mass is 10.1. The van der Waals surface area contributed by atoms with Crippen molar-refractivity contribution in [2.75, 3.05) is 5.73 Å². The number of rotatable bonds is 3. The molecule has 1 amide bonds. The van der Waals surface area contributed by atoms with Crippen molar-refractivity contribution in [2.45, 2.75) is 39.3 Å². The van der Waals surface area contributed by atoms with Crippen LogP contribution in [0.4, 0.5) is 5.13 Å². The maximum atomic E-state index is 12.7. The highest BCUT2D eigenvalue weighted by molar-refractivity contribution is 7.18. The Labute approximate surface area is 143 Å². The summed E-state index contributed by atoms with van der Waals surface area (Å²) in [5.41, 5.74) is 8.86. The minimum absolute atomic E-state index is 0.00369. The zero-order valence-corrected chi connectivity index (χ0v) is 14.5. The number of aromatic nitrogens is 2. The van der Waals surface area contributed by atoms with Crippen LogP contribution < -0.4 is 5.73 Å². The Bertz CT molecular complexity index is 815. The number of hydrogen-bond acceptors (Lipinski definition) is 5. The predicted molar refractivity (Wildman–Crippen MR) is 91.6 cm³/mol. The summed E-state index contributed by atoms with van der Waals surface area (Å²) in [7, 11) is 0. The van der Waals surface area contributed by atoms with E-state index in [2.05, 4.69) is 16.9 Å². The van der Waals surface area contributed by atoms with Crippen molar-refractivity contribution >= 4 is 34.0 Å². The van der Waals surface area contributed by atoms with Crippen molar-refractivity contribution in [3.05, 3.63) is 28.0 Å². The van der Waals surface area contributed by atoms with E-state index in [0.29, 0.717) is 23.2 Å². The molecule has 23 heavy (non-hydrogen) atoms. The van der Waals surface area contributed by atoms with Crippen molar-refractivity contribution < 1.29 is 4.79 Å². The Morgan fingerprint density at radius 2 is 2.17 bits per heavy atom. The summed E-state index contributed by atoms with van der Waals surface area (Å²) < 4.78 is 0. The molecule has 0 aromatic carbocycles. The van der Waals surface area contributed by atoms with Crippen LogP contribution in [0, 0.1) is 12.8 Å². The van der Waals surface area contributed by atoms with Gasteiger partial charge >= 0.3 is 0 Å². The molecule has 2 aromatic rings. The quantitative estimate of drug-likeness (QED) is 0.861. The van der Waals surface area contributed by atoms with Gasteiger partial charge in [-0.2, -0.15) is 0 Å². The number of nitrogen functional groups attached to an aromatic ring is 1. The number of fused-ring (bicyclic) bond motifs is 1. The number of thiazole rings is 1. The average molecular weight is 349 g/mol. The third kappa shape index (κ3) is 2.40. The molecular weight excluding hydrogens is 332 g/mol. The second kappa shape index (κ2) is 5.18. The van der Waals surface area contributed by atoms with E-state index in [-0.39, 0.29) is 17.1 Å². The number of amides is 1. The van der Waals surface area contributed by atoms with Crippen molar-refractivity contribution in [2.24, 2.45) is 5.92 Å². The van der Waals surface area contributed by atoms with Gasteiger partial charge in [-0.15, -0.1) is 0 Å². The van der Waals surface area contributed by atoms with E-state index in [4.69, 9.17) is 17.3 Å². The van der Waals surface area contributed by atoms with Crippen LogP contribution in [-0.2, 0) is 6.54 Å². The second-order valence-electron chi connectivity index (χ2n) is 6.31. The molecule has 120 valence electrons. The summed E-state index contributed by atoms with van der Waals surface area (Å²) >= 11 is 7.73. The van der Waals surface area contributed by atoms with Crippen LogP contribution in [0.15, 0.2) is 6.07 Å². The highest BCUT2D eigenvalue weighted by Gasteiger charge is 2.40. The average Bonchev–Trinajstić information content (AvgIpc) is 3.21. The van der Waals surface area contributed by atoms with Crippen molar-refractivity contribution in [3.63, 3.8) is 0 Å². The number of hydrogen-bond donors (Lipinski definition) is 1. The molecule has 0 saturated heterocycles. The minimum Gasteiger partial charge on any atom is -0.375 e. The molecule has 2 aromatic heterocycles. The van der Waals surface area contributed by atoms with Crippen molar-refractivity contribution in [1.82, 2.24) is 14.9 Å². The Hall–Kier alpha value is -1.66. The van der Waals surface area contributed by atoms with E-state index in [1.807, 2.05) is 17.9 Å². The maximum Gasteiger partial charge on any atom is 0.257 e. The molecule has 0 spiro atoms. The number of carbonyl (C=O) groups is 1. The molecule has 0 radical (unpaired) electrons. The molecule has 4 rings (SSSR count). The van der Waals surface area contributed by atoms with E-state index in [1.165, 1.54) is 24.2 Å². The first-order valence-corrected chi connectivity index (χ1v) is 8.89. The Morgan fingerprint density at radius 3 is 2.78 bits per heavy atom. The number of pyridine rings is 1. The van der Waals surface area contributed by atoms with Gasteiger partial charge in [-0.05, 0) is 44.2 Å². The molecule has 7 heteroatoms. The van der Waals surface area contributed by atoms with E-state index in [0.717, 1.165) is 21.8 Å². The maximum absolute atomic E-state index is 12.7. The van der Waals surface area contributed by atoms with Crippen LogP contribution in [0.3, 0.4) is 0 Å². The van der Waals surface area contributed by atoms with Gasteiger partial charge in [0.15, 0.2) is 5.13 Å². The van der Waals surface area contributed by atoms with Crippen LogP contribution in [0.25, 0.3) is 10.6 Å². The van der Waals surface area contributed by atoms with E-state index in [9.17, 15) is 4.79 Å². The smallest absolute Gasteiger partial charge is 0.257 e. The summed E-state index contributed by atoms with van der Waals surface area (Å²) in [5, 5.41) is 0.787. The van der Waals surface area contributed by atoms with E-state index >= 15 is 0 Å². The standard InChI is InChI=1S/C16H17ClN4OS/c1-7-13(23-16(18)19-7)11-5-10-6-21(8(2)9-3-4-9)15(22)12(10)14(17)20-11/h5,8-9H,3-4,6H2,1-2H3,(H2,18,19)/t8-/m0/s1. The van der Waals surface area contributed by atoms with Gasteiger partial charge in [-0.1, -0.05) is 22.9 Å². The largest absolute Gasteiger partial charge is 0.375 e. The van der Waals surface area contributed by atoms with Gasteiger partial charge in [0.25, 0.3) is 5.91 Å². The van der Waals surface area contributed by atoms with Gasteiger partial charge in [0, 0.05) is 12.6 Å². The molecule has 0 bridgehead atoms. The van der Waals surface area contributed by atoms with Crippen molar-refractivity contribution in [3.8, 4) is 10.6 Å². The first kappa shape index (κ1) is 14.9. The fraction of sp³-hybridized carbons (Fsp3) is 0.438. The topological polar surface area (TPSA) is 72.1 Å². The first-order valence-electron chi connectivity index (χ1n) is 7.69. The minimum atomic E-state index is 0.00369.